The minimum Gasteiger partial charge on any atom is -0.491 e. The van der Waals surface area contributed by atoms with Crippen LogP contribution in [0.4, 0.5) is 0 Å². The summed E-state index contributed by atoms with van der Waals surface area (Å²) < 4.78 is 10.5. The molecule has 0 aliphatic heterocycles. The molecule has 0 saturated carbocycles. The van der Waals surface area contributed by atoms with E-state index in [0.717, 1.165) is 5.76 Å². The molecule has 2 unspecified atom stereocenters. The van der Waals surface area contributed by atoms with Crippen LogP contribution in [0.25, 0.3) is 0 Å². The Morgan fingerprint density at radius 3 is 2.50 bits per heavy atom. The van der Waals surface area contributed by atoms with Crippen molar-refractivity contribution in [1.29, 1.82) is 0 Å². The van der Waals surface area contributed by atoms with Gasteiger partial charge in [-0.15, -0.1) is 0 Å². The second-order valence-corrected chi connectivity index (χ2v) is 3.71. The van der Waals surface area contributed by atoms with Crippen LogP contribution in [0, 0.1) is 5.92 Å². The van der Waals surface area contributed by atoms with Crippen molar-refractivity contribution in [1.82, 2.24) is 0 Å². The van der Waals surface area contributed by atoms with Crippen LogP contribution in [-0.2, 0) is 14.3 Å². The lowest BCUT2D eigenvalue weighted by Crippen LogP contribution is -2.20. The van der Waals surface area contributed by atoms with E-state index >= 15 is 0 Å². The fourth-order valence-electron chi connectivity index (χ4n) is 1.39. The molecule has 0 amide bonds. The summed E-state index contributed by atoms with van der Waals surface area (Å²) in [5.74, 6) is 0.431. The number of esters is 1. The Balaban J connectivity index is 4.08. The third kappa shape index (κ3) is 5.59. The lowest BCUT2D eigenvalue weighted by Gasteiger charge is -2.18. The summed E-state index contributed by atoms with van der Waals surface area (Å²) in [6, 6.07) is 0. The van der Waals surface area contributed by atoms with E-state index in [9.17, 15) is 4.79 Å². The molecule has 0 aromatic carbocycles. The molecule has 0 rings (SSSR count). The number of carbonyl (C=O) groups is 1. The van der Waals surface area contributed by atoms with Crippen molar-refractivity contribution in [3.8, 4) is 0 Å². The van der Waals surface area contributed by atoms with E-state index < -0.39 is 0 Å². The Bertz CT molecular complexity index is 256. The summed E-state index contributed by atoms with van der Waals surface area (Å²) in [6.07, 6.45) is 4.12. The van der Waals surface area contributed by atoms with Gasteiger partial charge in [0.1, 0.15) is 5.76 Å². The van der Waals surface area contributed by atoms with E-state index in [4.69, 9.17) is 9.47 Å². The highest BCUT2D eigenvalue weighted by Crippen LogP contribution is 2.14. The minimum absolute atomic E-state index is 0.0244. The predicted molar refractivity (Wildman–Crippen MR) is 64.9 cm³/mol. The second kappa shape index (κ2) is 7.97. The number of ether oxygens (including phenoxy) is 2. The molecular weight excluding hydrogens is 204 g/mol. The Hall–Kier alpha value is -1.25. The lowest BCUT2D eigenvalue weighted by molar-refractivity contribution is -0.148. The maximum absolute atomic E-state index is 11.4. The number of allylic oxidation sites excluding steroid dienone is 2. The summed E-state index contributed by atoms with van der Waals surface area (Å²) in [4.78, 5) is 11.4. The zero-order chi connectivity index (χ0) is 12.6. The molecule has 0 aromatic rings. The van der Waals surface area contributed by atoms with Gasteiger partial charge < -0.3 is 9.47 Å². The average Bonchev–Trinajstić information content (AvgIpc) is 2.26. The average molecular weight is 226 g/mol. The molecule has 3 heteroatoms. The highest BCUT2D eigenvalue weighted by Gasteiger charge is 2.18. The molecule has 2 atom stereocenters. The van der Waals surface area contributed by atoms with Gasteiger partial charge in [-0.1, -0.05) is 13.5 Å². The van der Waals surface area contributed by atoms with Gasteiger partial charge in [-0.2, -0.15) is 0 Å². The van der Waals surface area contributed by atoms with Gasteiger partial charge in [0.05, 0.1) is 18.6 Å². The molecule has 0 radical (unpaired) electrons. The van der Waals surface area contributed by atoms with Gasteiger partial charge in [-0.3, -0.25) is 4.79 Å². The van der Waals surface area contributed by atoms with Gasteiger partial charge >= 0.3 is 5.97 Å². The van der Waals surface area contributed by atoms with Gasteiger partial charge in [-0.25, -0.2) is 0 Å². The first-order valence-corrected chi connectivity index (χ1v) is 5.67. The maximum atomic E-state index is 11.4. The summed E-state index contributed by atoms with van der Waals surface area (Å²) in [5.41, 5.74) is 0. The van der Waals surface area contributed by atoms with Crippen molar-refractivity contribution < 1.29 is 14.3 Å². The van der Waals surface area contributed by atoms with E-state index in [1.807, 2.05) is 26.8 Å². The standard InChI is InChI=1S/C13H22O3/c1-6-12(7-2)16-11(5)9-10(4)13(14)15-8-3/h6-7,10-11H,1,8-9H2,2-5H3. The predicted octanol–water partition coefficient (Wildman–Crippen LogP) is 3.07. The van der Waals surface area contributed by atoms with Crippen molar-refractivity contribution in [2.75, 3.05) is 6.61 Å². The summed E-state index contributed by atoms with van der Waals surface area (Å²) >= 11 is 0. The van der Waals surface area contributed by atoms with Crippen molar-refractivity contribution in [3.05, 3.63) is 24.5 Å². The van der Waals surface area contributed by atoms with E-state index in [-0.39, 0.29) is 18.0 Å². The lowest BCUT2D eigenvalue weighted by atomic mass is 10.1. The van der Waals surface area contributed by atoms with Crippen molar-refractivity contribution in [2.45, 2.75) is 40.2 Å². The number of hydrogen-bond acceptors (Lipinski definition) is 3. The van der Waals surface area contributed by atoms with E-state index in [0.29, 0.717) is 13.0 Å². The zero-order valence-corrected chi connectivity index (χ0v) is 10.7. The SMILES string of the molecule is C=CC(=CC)OC(C)CC(C)C(=O)OCC. The van der Waals surface area contributed by atoms with Gasteiger partial charge in [0.25, 0.3) is 0 Å². The van der Waals surface area contributed by atoms with Crippen LogP contribution in [0.5, 0.6) is 0 Å². The van der Waals surface area contributed by atoms with Crippen LogP contribution in [-0.4, -0.2) is 18.7 Å². The normalized spacial score (nSPS) is 15.1. The molecule has 0 saturated heterocycles. The molecular formula is C13H22O3. The van der Waals surface area contributed by atoms with E-state index in [1.54, 1.807) is 13.0 Å². The van der Waals surface area contributed by atoms with Crippen LogP contribution in [0.1, 0.15) is 34.1 Å². The molecule has 0 aromatic heterocycles. The van der Waals surface area contributed by atoms with Crippen LogP contribution >= 0.6 is 0 Å². The van der Waals surface area contributed by atoms with Gasteiger partial charge in [-0.05, 0) is 39.3 Å². The maximum Gasteiger partial charge on any atom is 0.308 e. The number of carbonyl (C=O) groups excluding carboxylic acids is 1. The fourth-order valence-corrected chi connectivity index (χ4v) is 1.39. The van der Waals surface area contributed by atoms with Crippen LogP contribution < -0.4 is 0 Å². The number of rotatable bonds is 7. The third-order valence-electron chi connectivity index (χ3n) is 2.20. The van der Waals surface area contributed by atoms with Crippen molar-refractivity contribution in [3.63, 3.8) is 0 Å². The zero-order valence-electron chi connectivity index (χ0n) is 10.7. The van der Waals surface area contributed by atoms with Crippen LogP contribution in [0.3, 0.4) is 0 Å². The van der Waals surface area contributed by atoms with Gasteiger partial charge in [0.2, 0.25) is 0 Å². The van der Waals surface area contributed by atoms with Crippen molar-refractivity contribution in [2.24, 2.45) is 5.92 Å². The highest BCUT2D eigenvalue weighted by atomic mass is 16.5. The van der Waals surface area contributed by atoms with E-state index in [2.05, 4.69) is 6.58 Å². The summed E-state index contributed by atoms with van der Waals surface area (Å²) in [5, 5.41) is 0. The number of hydrogen-bond donors (Lipinski definition) is 0. The smallest absolute Gasteiger partial charge is 0.308 e. The quantitative estimate of drug-likeness (QED) is 0.380. The van der Waals surface area contributed by atoms with Crippen molar-refractivity contribution >= 4 is 5.97 Å². The van der Waals surface area contributed by atoms with Gasteiger partial charge in [0.15, 0.2) is 0 Å². The third-order valence-corrected chi connectivity index (χ3v) is 2.20. The Morgan fingerprint density at radius 2 is 2.06 bits per heavy atom. The molecule has 0 bridgehead atoms. The summed E-state index contributed by atoms with van der Waals surface area (Å²) in [7, 11) is 0. The van der Waals surface area contributed by atoms with Crippen LogP contribution in [0.15, 0.2) is 24.5 Å². The second-order valence-electron chi connectivity index (χ2n) is 3.71. The highest BCUT2D eigenvalue weighted by molar-refractivity contribution is 5.71. The molecule has 0 heterocycles. The fraction of sp³-hybridized carbons (Fsp3) is 0.615. The largest absolute Gasteiger partial charge is 0.491 e. The molecule has 0 fully saturated rings. The molecule has 92 valence electrons. The van der Waals surface area contributed by atoms with Crippen LogP contribution in [0.2, 0.25) is 0 Å². The Labute approximate surface area is 98.1 Å². The Morgan fingerprint density at radius 1 is 1.44 bits per heavy atom. The molecule has 0 aliphatic carbocycles. The Kier molecular flexibility index (Phi) is 7.34. The topological polar surface area (TPSA) is 35.5 Å². The van der Waals surface area contributed by atoms with Gasteiger partial charge in [0, 0.05) is 0 Å². The first kappa shape index (κ1) is 14.8. The monoisotopic (exact) mass is 226 g/mol. The molecule has 16 heavy (non-hydrogen) atoms. The molecule has 3 nitrogen and oxygen atoms in total. The first-order chi connectivity index (χ1) is 7.54. The molecule has 0 N–H and O–H groups in total. The minimum atomic E-state index is -0.168. The first-order valence-electron chi connectivity index (χ1n) is 5.67. The molecule has 0 aliphatic rings. The summed E-state index contributed by atoms with van der Waals surface area (Å²) in [6.45, 7) is 11.5. The molecule has 0 spiro atoms. The van der Waals surface area contributed by atoms with E-state index in [1.165, 1.54) is 0 Å².